The largest absolute Gasteiger partial charge is 0.465 e. The van der Waals surface area contributed by atoms with Crippen molar-refractivity contribution in [2.75, 3.05) is 6.61 Å². The fraction of sp³-hybridized carbons (Fsp3) is 0.318. The first-order valence-electron chi connectivity index (χ1n) is 9.96. The van der Waals surface area contributed by atoms with Gasteiger partial charge < -0.3 is 9.30 Å². The van der Waals surface area contributed by atoms with Gasteiger partial charge in [0.1, 0.15) is 12.4 Å². The zero-order valence-corrected chi connectivity index (χ0v) is 19.5. The van der Waals surface area contributed by atoms with Gasteiger partial charge in [0, 0.05) is 0 Å². The lowest BCUT2D eigenvalue weighted by Crippen LogP contribution is -2.23. The van der Waals surface area contributed by atoms with E-state index in [0.29, 0.717) is 15.8 Å². The van der Waals surface area contributed by atoms with Crippen LogP contribution in [-0.4, -0.2) is 36.7 Å². The van der Waals surface area contributed by atoms with Crippen LogP contribution in [0.5, 0.6) is 0 Å². The van der Waals surface area contributed by atoms with Crippen molar-refractivity contribution in [3.63, 3.8) is 0 Å². The number of rotatable bonds is 7. The predicted molar refractivity (Wildman–Crippen MR) is 119 cm³/mol. The number of fused-ring (bicyclic) bond motifs is 1. The maximum absolute atomic E-state index is 13.6. The number of hydrogen-bond acceptors (Lipinski definition) is 6. The van der Waals surface area contributed by atoms with Crippen LogP contribution in [0.4, 0.5) is 4.39 Å². The minimum atomic E-state index is -3.40. The standard InChI is InChI=1S/C22H23FN2O5S2/c1-4-30-21(27)13-25-18-10-7-16(23)12-19(18)31-22(25)24-20(26)11-15-5-8-17(9-6-15)32(28,29)14(2)3/h5-10,12,14H,4,11,13H2,1-3H3. The second-order valence-corrected chi connectivity index (χ2v) is 10.8. The molecule has 0 saturated carbocycles. The Labute approximate surface area is 189 Å². The van der Waals surface area contributed by atoms with Gasteiger partial charge in [0.2, 0.25) is 0 Å². The summed E-state index contributed by atoms with van der Waals surface area (Å²) in [5.74, 6) is -1.40. The molecule has 0 saturated heterocycles. The molecule has 170 valence electrons. The van der Waals surface area contributed by atoms with E-state index in [9.17, 15) is 22.4 Å². The minimum Gasteiger partial charge on any atom is -0.465 e. The molecule has 0 aliphatic carbocycles. The molecule has 0 bridgehead atoms. The van der Waals surface area contributed by atoms with Crippen LogP contribution in [0.1, 0.15) is 26.3 Å². The highest BCUT2D eigenvalue weighted by Crippen LogP contribution is 2.19. The Morgan fingerprint density at radius 1 is 1.16 bits per heavy atom. The lowest BCUT2D eigenvalue weighted by molar-refractivity contribution is -0.143. The third kappa shape index (κ3) is 5.31. The molecule has 1 heterocycles. The zero-order chi connectivity index (χ0) is 23.5. The summed E-state index contributed by atoms with van der Waals surface area (Å²) >= 11 is 1.09. The maximum Gasteiger partial charge on any atom is 0.326 e. The van der Waals surface area contributed by atoms with E-state index in [1.807, 2.05) is 0 Å². The molecule has 0 spiro atoms. The fourth-order valence-electron chi connectivity index (χ4n) is 3.01. The Hall–Kier alpha value is -2.85. The van der Waals surface area contributed by atoms with Crippen molar-refractivity contribution in [2.24, 2.45) is 4.99 Å². The summed E-state index contributed by atoms with van der Waals surface area (Å²) in [6.07, 6.45) is -0.0516. The monoisotopic (exact) mass is 478 g/mol. The van der Waals surface area contributed by atoms with Gasteiger partial charge >= 0.3 is 5.97 Å². The molecule has 32 heavy (non-hydrogen) atoms. The summed E-state index contributed by atoms with van der Waals surface area (Å²) in [5.41, 5.74) is 1.17. The van der Waals surface area contributed by atoms with Crippen LogP contribution in [0.15, 0.2) is 52.4 Å². The molecular weight excluding hydrogens is 455 g/mol. The van der Waals surface area contributed by atoms with Gasteiger partial charge in [-0.2, -0.15) is 4.99 Å². The molecule has 1 aromatic heterocycles. The van der Waals surface area contributed by atoms with Gasteiger partial charge in [-0.3, -0.25) is 9.59 Å². The SMILES string of the molecule is CCOC(=O)Cn1c(=NC(=O)Cc2ccc(S(=O)(=O)C(C)C)cc2)sc2cc(F)ccc21. The number of sulfone groups is 1. The minimum absolute atomic E-state index is 0.0516. The first-order valence-corrected chi connectivity index (χ1v) is 12.3. The topological polar surface area (TPSA) is 94.8 Å². The summed E-state index contributed by atoms with van der Waals surface area (Å²) in [7, 11) is -3.40. The second-order valence-electron chi connectivity index (χ2n) is 7.31. The molecule has 10 heteroatoms. The third-order valence-electron chi connectivity index (χ3n) is 4.69. The van der Waals surface area contributed by atoms with Crippen LogP contribution < -0.4 is 4.80 Å². The van der Waals surface area contributed by atoms with Gasteiger partial charge in [0.25, 0.3) is 5.91 Å². The summed E-state index contributed by atoms with van der Waals surface area (Å²) in [4.78, 5) is 29.2. The fourth-order valence-corrected chi connectivity index (χ4v) is 5.14. The Kier molecular flexibility index (Phi) is 7.25. The van der Waals surface area contributed by atoms with Gasteiger partial charge in [-0.15, -0.1) is 0 Å². The number of thiazole rings is 1. The van der Waals surface area contributed by atoms with Crippen molar-refractivity contribution >= 4 is 43.3 Å². The van der Waals surface area contributed by atoms with Gasteiger partial charge in [0.05, 0.1) is 33.4 Å². The average Bonchev–Trinajstić information content (AvgIpc) is 3.04. The quantitative estimate of drug-likeness (QED) is 0.486. The molecule has 3 rings (SSSR count). The molecule has 3 aromatic rings. The Balaban J connectivity index is 1.91. The Morgan fingerprint density at radius 2 is 1.84 bits per heavy atom. The van der Waals surface area contributed by atoms with E-state index >= 15 is 0 Å². The van der Waals surface area contributed by atoms with Crippen LogP contribution >= 0.6 is 11.3 Å². The third-order valence-corrected chi connectivity index (χ3v) is 7.90. The van der Waals surface area contributed by atoms with Crippen molar-refractivity contribution in [1.29, 1.82) is 0 Å². The number of carbonyl (C=O) groups excluding carboxylic acids is 2. The number of benzene rings is 2. The van der Waals surface area contributed by atoms with Crippen LogP contribution in [0.2, 0.25) is 0 Å². The molecule has 0 aliphatic heterocycles. The first-order chi connectivity index (χ1) is 15.1. The van der Waals surface area contributed by atoms with Crippen LogP contribution in [0, 0.1) is 5.82 Å². The lowest BCUT2D eigenvalue weighted by Gasteiger charge is -2.08. The van der Waals surface area contributed by atoms with Gasteiger partial charge in [-0.25, -0.2) is 12.8 Å². The zero-order valence-electron chi connectivity index (χ0n) is 17.9. The van der Waals surface area contributed by atoms with Crippen molar-refractivity contribution in [2.45, 2.75) is 43.9 Å². The van der Waals surface area contributed by atoms with Crippen molar-refractivity contribution in [3.8, 4) is 0 Å². The summed E-state index contributed by atoms with van der Waals surface area (Å²) < 4.78 is 45.2. The van der Waals surface area contributed by atoms with Crippen LogP contribution in [0.25, 0.3) is 10.2 Å². The van der Waals surface area contributed by atoms with E-state index < -0.39 is 32.8 Å². The normalized spacial score (nSPS) is 12.5. The number of carbonyl (C=O) groups is 2. The first kappa shape index (κ1) is 23.8. The van der Waals surface area contributed by atoms with Crippen molar-refractivity contribution in [3.05, 3.63) is 58.6 Å². The molecule has 1 amide bonds. The number of hydrogen-bond donors (Lipinski definition) is 0. The molecular formula is C22H23FN2O5S2. The van der Waals surface area contributed by atoms with E-state index in [0.717, 1.165) is 11.3 Å². The summed E-state index contributed by atoms with van der Waals surface area (Å²) in [6.45, 7) is 4.95. The molecule has 0 unspecified atom stereocenters. The Morgan fingerprint density at radius 3 is 2.47 bits per heavy atom. The highest BCUT2D eigenvalue weighted by molar-refractivity contribution is 7.92. The van der Waals surface area contributed by atoms with Crippen molar-refractivity contribution < 1.29 is 27.1 Å². The number of halogens is 1. The number of amides is 1. The predicted octanol–water partition coefficient (Wildman–Crippen LogP) is 3.26. The lowest BCUT2D eigenvalue weighted by atomic mass is 10.1. The van der Waals surface area contributed by atoms with E-state index in [4.69, 9.17) is 4.74 Å². The van der Waals surface area contributed by atoms with Gasteiger partial charge in [-0.05, 0) is 56.7 Å². The second kappa shape index (κ2) is 9.74. The Bertz CT molecular complexity index is 1320. The van der Waals surface area contributed by atoms with Gasteiger partial charge in [-0.1, -0.05) is 23.5 Å². The van der Waals surface area contributed by atoms with E-state index in [-0.39, 0.29) is 29.3 Å². The van der Waals surface area contributed by atoms with Crippen LogP contribution in [-0.2, 0) is 37.1 Å². The van der Waals surface area contributed by atoms with Gasteiger partial charge in [0.15, 0.2) is 14.6 Å². The molecule has 2 aromatic carbocycles. The molecule has 0 aliphatic rings. The van der Waals surface area contributed by atoms with E-state index in [2.05, 4.69) is 4.99 Å². The summed E-state index contributed by atoms with van der Waals surface area (Å²) in [5, 5.41) is -0.544. The number of ether oxygens (including phenoxy) is 1. The molecule has 0 atom stereocenters. The average molecular weight is 479 g/mol. The van der Waals surface area contributed by atoms with Crippen molar-refractivity contribution in [1.82, 2.24) is 4.57 Å². The highest BCUT2D eigenvalue weighted by Gasteiger charge is 2.19. The molecule has 0 N–H and O–H groups in total. The highest BCUT2D eigenvalue weighted by atomic mass is 32.2. The number of aromatic nitrogens is 1. The number of esters is 1. The molecule has 0 radical (unpaired) electrons. The van der Waals surface area contributed by atoms with E-state index in [1.165, 1.54) is 34.9 Å². The number of nitrogens with zero attached hydrogens (tertiary/aromatic N) is 2. The molecule has 7 nitrogen and oxygen atoms in total. The maximum atomic E-state index is 13.6. The summed E-state index contributed by atoms with van der Waals surface area (Å²) in [6, 6.07) is 10.2. The molecule has 0 fully saturated rings. The smallest absolute Gasteiger partial charge is 0.326 e. The van der Waals surface area contributed by atoms with Crippen LogP contribution in [0.3, 0.4) is 0 Å². The van der Waals surface area contributed by atoms with E-state index in [1.54, 1.807) is 32.9 Å².